The molecule has 2 aromatic rings. The number of aliphatic hydroxyl groups excluding tert-OH is 21. The van der Waals surface area contributed by atoms with Gasteiger partial charge in [-0.1, -0.05) is 30.0 Å². The summed E-state index contributed by atoms with van der Waals surface area (Å²) in [6.45, 7) is -6.07. The van der Waals surface area contributed by atoms with Crippen LogP contribution in [0.5, 0.6) is 5.75 Å². The van der Waals surface area contributed by atoms with Crippen molar-refractivity contribution < 1.29 is 239 Å². The van der Waals surface area contributed by atoms with Crippen molar-refractivity contribution in [3.05, 3.63) is 59.5 Å². The van der Waals surface area contributed by atoms with Gasteiger partial charge in [0.15, 0.2) is 44.0 Å². The molecule has 0 aliphatic carbocycles. The number of carbonyl (C=O) groups excluding carboxylic acids is 2. The Labute approximate surface area is 632 Å². The number of likely N-dealkylation sites (N-methyl/N-ethyl adjacent to an activating group) is 1. The molecule has 1 unspecified atom stereocenters. The first-order valence-electron chi connectivity index (χ1n) is 32.5. The molecule has 0 saturated carbocycles. The van der Waals surface area contributed by atoms with E-state index in [0.717, 1.165) is 35.4 Å². The van der Waals surface area contributed by atoms with Gasteiger partial charge in [0.2, 0.25) is 0 Å². The van der Waals surface area contributed by atoms with Crippen LogP contribution in [0.3, 0.4) is 0 Å². The molecule has 22 aliphatic heterocycles. The number of hydrogen-bond acceptors (Lipinski definition) is 41. The zero-order chi connectivity index (χ0) is 73.7. The number of anilines is 1. The summed E-state index contributed by atoms with van der Waals surface area (Å²) < 4.78 is 85.2. The van der Waals surface area contributed by atoms with E-state index in [9.17, 15) is 117 Å². The molecule has 22 aliphatic rings. The maximum atomic E-state index is 11.5. The van der Waals surface area contributed by atoms with Crippen LogP contribution in [0, 0.1) is 0 Å². The Morgan fingerprint density at radius 1 is 0.398 bits per heavy atom. The van der Waals surface area contributed by atoms with Gasteiger partial charge in [0.1, 0.15) is 194 Å². The molecule has 103 heavy (non-hydrogen) atoms. The van der Waals surface area contributed by atoms with Gasteiger partial charge in [-0.25, -0.2) is 4.98 Å². The van der Waals surface area contributed by atoms with Crippen molar-refractivity contribution in [3.63, 3.8) is 0 Å². The molecule has 41 nitrogen and oxygen atoms in total. The molecule has 2 amide bonds. The average molecular weight is 1530 g/mol. The summed E-state index contributed by atoms with van der Waals surface area (Å²) in [5.41, 5.74) is 0.980. The van der Waals surface area contributed by atoms with Crippen LogP contribution in [0.4, 0.5) is 10.6 Å². The van der Waals surface area contributed by atoms with Gasteiger partial charge in [-0.3, -0.25) is 0 Å². The van der Waals surface area contributed by atoms with Crippen LogP contribution >= 0.6 is 11.8 Å². The van der Waals surface area contributed by atoms with E-state index in [-0.39, 0.29) is 57.3 Å². The van der Waals surface area contributed by atoms with Gasteiger partial charge >= 0.3 is 51.4 Å². The second-order valence-corrected chi connectivity index (χ2v) is 26.4. The van der Waals surface area contributed by atoms with E-state index in [1.54, 1.807) is 6.20 Å². The number of rotatable bonds is 14. The molecule has 0 radical (unpaired) electrons. The van der Waals surface area contributed by atoms with Crippen LogP contribution in [-0.2, 0) is 77.5 Å². The van der Waals surface area contributed by atoms with E-state index in [0.29, 0.717) is 13.0 Å². The van der Waals surface area contributed by atoms with E-state index in [4.69, 9.17) is 71.1 Å². The van der Waals surface area contributed by atoms with E-state index in [2.05, 4.69) is 10.3 Å². The molecule has 0 spiro atoms. The number of pyridine rings is 1. The Kier molecular flexibility index (Phi) is 31.3. The van der Waals surface area contributed by atoms with Crippen LogP contribution in [0.15, 0.2) is 48.7 Å². The van der Waals surface area contributed by atoms with Gasteiger partial charge in [-0.2, -0.15) is 0 Å². The number of hydrogen-bond donors (Lipinski definition) is 21. The molecule has 23 heterocycles. The first-order valence-corrected chi connectivity index (χ1v) is 33.4. The Bertz CT molecular complexity index is 2580. The Morgan fingerprint density at radius 3 is 0.893 bits per heavy atom. The number of aliphatic hydroxyl groups is 21. The van der Waals surface area contributed by atoms with Crippen LogP contribution < -0.4 is 61.0 Å². The third kappa shape index (κ3) is 19.0. The number of amides is 2. The summed E-state index contributed by atoms with van der Waals surface area (Å²) in [5, 5.41) is 233. The summed E-state index contributed by atoms with van der Waals surface area (Å²) in [6.07, 6.45) is -68.0. The maximum absolute atomic E-state index is 11.5. The molecule has 578 valence electrons. The molecule has 1 aromatic carbocycles. The molecule has 24 rings (SSSR count). The minimum Gasteiger partial charge on any atom is -0.585 e. The summed E-state index contributed by atoms with van der Waals surface area (Å²) in [6, 6.07) is 13.4. The van der Waals surface area contributed by atoms with Crippen LogP contribution in [0.1, 0.15) is 5.56 Å². The zero-order valence-corrected chi connectivity index (χ0v) is 59.0. The second kappa shape index (κ2) is 38.1. The molecule has 43 heteroatoms. The minimum atomic E-state index is -2.21. The number of ether oxygens (including phenoxy) is 15. The van der Waals surface area contributed by atoms with E-state index >= 15 is 0 Å². The largest absolute Gasteiger partial charge is 1.00 e. The van der Waals surface area contributed by atoms with Gasteiger partial charge in [0.05, 0.1) is 64.0 Å². The first kappa shape index (κ1) is 84.7. The number of imide groups is 1. The minimum absolute atomic E-state index is 0. The van der Waals surface area contributed by atoms with Crippen LogP contribution in [0.2, 0.25) is 0 Å². The van der Waals surface area contributed by atoms with Gasteiger partial charge < -0.3 is 198 Å². The predicted octanol–water partition coefficient (Wildman–Crippen LogP) is -15.0. The third-order valence-electron chi connectivity index (χ3n) is 18.6. The predicted molar refractivity (Wildman–Crippen MR) is 327 cm³/mol. The van der Waals surface area contributed by atoms with E-state index < -0.39 is 272 Å². The molecule has 1 aromatic heterocycles. The first-order chi connectivity index (χ1) is 48.8. The fraction of sp³-hybridized carbons (Fsp3) is 0.783. The summed E-state index contributed by atoms with van der Waals surface area (Å²) in [5.74, 6) is 1.33. The normalized spacial score (nSPS) is 45.4. The van der Waals surface area contributed by atoms with Crippen molar-refractivity contribution in [1.29, 1.82) is 0 Å². The Morgan fingerprint density at radius 2 is 0.670 bits per heavy atom. The monoisotopic (exact) mass is 1530 g/mol. The van der Waals surface area contributed by atoms with Gasteiger partial charge in [0.25, 0.3) is 0 Å². The number of aromatic nitrogens is 1. The molecule has 22 fully saturated rings. The summed E-state index contributed by atoms with van der Waals surface area (Å²) >= 11 is 0.990. The maximum Gasteiger partial charge on any atom is 1.00 e. The van der Waals surface area contributed by atoms with Crippen molar-refractivity contribution in [2.45, 2.75) is 227 Å². The van der Waals surface area contributed by atoms with Gasteiger partial charge in [-0.05, 0) is 36.2 Å². The van der Waals surface area contributed by atoms with Crippen LogP contribution in [-0.4, -0.2) is 410 Å². The quantitative estimate of drug-likeness (QED) is 0.0781. The van der Waals surface area contributed by atoms with Crippen molar-refractivity contribution in [2.24, 2.45) is 0 Å². The van der Waals surface area contributed by atoms with E-state index in [1.807, 2.05) is 54.4 Å². The molecule has 36 atom stereocenters. The SMILES string of the molecule is CN(CCOc1ccc(CC2SC(=O)[N-]C2=O)cc1)c1ccccn1.OC[C@H]1O[C@@H]2O[C@H]3[C@H](O)[C@@H](O)[C@@H](O[C@H]4[C@H](O)[C@@H](O)[C@@H](O[C@H]5[C@H](O)[C@@H](O)[C@@H](O[C@H]6[C@H](O)[C@@H](O)[C@@H](O[C@H]7[C@H](O)[C@@H](O)[C@@H](O[C@H]8[C@H](O)[C@@H](O)[C@@H](O[C@H]1[C@H](O)[C@H]2O)O[C@@H]8CO)O[C@@H]7CO)O[C@@H]6CO)O[C@@H]5CO)O[C@@H]4CO)O[C@@H]3CO.[K+]. The average Bonchev–Trinajstić information content (AvgIpc) is 1.09. The Balaban J connectivity index is 0.000000397. The number of benzene rings is 1. The smallest absolute Gasteiger partial charge is 0.585 e. The van der Waals surface area contributed by atoms with Gasteiger partial charge in [0, 0.05) is 13.2 Å². The number of nitrogens with zero attached hydrogens (tertiary/aromatic N) is 3. The second-order valence-electron chi connectivity index (χ2n) is 25.3. The van der Waals surface area contributed by atoms with Crippen molar-refractivity contribution >= 4 is 28.7 Å². The summed E-state index contributed by atoms with van der Waals surface area (Å²) in [7, 11) is 1.97. The topological polar surface area (TPSA) is 628 Å². The molecular weight excluding hydrogens is 1440 g/mol. The van der Waals surface area contributed by atoms with Crippen molar-refractivity contribution in [1.82, 2.24) is 4.98 Å². The Hall–Kier alpha value is -2.30. The van der Waals surface area contributed by atoms with Gasteiger partial charge in [-0.15, -0.1) is 0 Å². The number of carbonyl (C=O) groups is 2. The summed E-state index contributed by atoms with van der Waals surface area (Å²) in [4.78, 5) is 29.0. The third-order valence-corrected chi connectivity index (χ3v) is 19.5. The molecule has 21 N–H and O–H groups in total. The van der Waals surface area contributed by atoms with Crippen LogP contribution in [0.25, 0.3) is 5.32 Å². The fourth-order valence-corrected chi connectivity index (χ4v) is 13.7. The molecule has 22 saturated heterocycles. The van der Waals surface area contributed by atoms with Crippen molar-refractivity contribution in [2.75, 3.05) is 71.3 Å². The fourth-order valence-electron chi connectivity index (χ4n) is 12.8. The standard InChI is InChI=1S/C42H70O35.C18H19N3O3S.K/c43-1-8-29-15(50)22(57)36(64-8)72-30-9(2-44)66-38(24(59)17(30)52)74-32-11(4-46)68-40(26(61)19(32)54)76-34-13(6-48)70-42(28(63)21(34)56)77-35-14(7-49)69-41(27(62)20(35)55)75-33-12(5-47)67-39(25(60)18(33)53)73-31-10(3-45)65-37(71-29)23(58)16(31)51;1-21(16-4-2-3-9-19-16)10-11-24-14-7-5-13(6-8-14)12-15-17(22)20-18(23)25-15;/h8-63H,1-7H2;2-9,15H,10-12H2,1H3,(H,20,22,23);/q;;+1/p-1/t8-,9-,10-,11-,12-,13-,14-,15-,16-,17-,18-,19-,20-,21-,22-,23-,24-,25-,26-,27-,28-,29-,30-,31-,32-,33-,34-,35-,36-,37-,38-,39-,40-,41-,42-;;/m1../s1. The molecular formula is C60H88KN3O38S. The zero-order valence-electron chi connectivity index (χ0n) is 55.1. The molecule has 14 bridgehead atoms. The van der Waals surface area contributed by atoms with Crippen molar-refractivity contribution in [3.8, 4) is 5.75 Å². The van der Waals surface area contributed by atoms with E-state index in [1.165, 1.54) is 0 Å². The number of thioether (sulfide) groups is 1.